The molecule has 1 aliphatic carbocycles. The van der Waals surface area contributed by atoms with Crippen molar-refractivity contribution in [2.75, 3.05) is 0 Å². The highest BCUT2D eigenvalue weighted by Crippen LogP contribution is 2.25. The number of fused-ring (bicyclic) bond motifs is 1. The lowest BCUT2D eigenvalue weighted by Crippen LogP contribution is -1.99. The van der Waals surface area contributed by atoms with Crippen LogP contribution in [0.1, 0.15) is 11.1 Å². The van der Waals surface area contributed by atoms with Crippen molar-refractivity contribution in [3.05, 3.63) is 34.1 Å². The monoisotopic (exact) mass is 195 g/mol. The van der Waals surface area contributed by atoms with Crippen molar-refractivity contribution in [2.45, 2.75) is 6.42 Å². The van der Waals surface area contributed by atoms with Gasteiger partial charge in [-0.2, -0.15) is 0 Å². The van der Waals surface area contributed by atoms with Crippen LogP contribution in [0.25, 0.3) is 6.08 Å². The van der Waals surface area contributed by atoms with E-state index in [-0.39, 0.29) is 0 Å². The van der Waals surface area contributed by atoms with E-state index in [1.54, 1.807) is 18.3 Å². The van der Waals surface area contributed by atoms with Crippen LogP contribution in [0.4, 0.5) is 0 Å². The van der Waals surface area contributed by atoms with Gasteiger partial charge in [-0.1, -0.05) is 11.6 Å². The van der Waals surface area contributed by atoms with Gasteiger partial charge >= 0.3 is 5.97 Å². The lowest BCUT2D eigenvalue weighted by molar-refractivity contribution is -0.132. The molecule has 0 unspecified atom stereocenters. The minimum atomic E-state index is -0.882. The zero-order valence-corrected chi connectivity index (χ0v) is 7.38. The van der Waals surface area contributed by atoms with Crippen LogP contribution in [-0.4, -0.2) is 16.1 Å². The maximum absolute atomic E-state index is 10.6. The van der Waals surface area contributed by atoms with Gasteiger partial charge in [0.05, 0.1) is 0 Å². The maximum Gasteiger partial charge on any atom is 0.331 e. The Morgan fingerprint density at radius 1 is 1.62 bits per heavy atom. The van der Waals surface area contributed by atoms with Gasteiger partial charge in [0.1, 0.15) is 5.15 Å². The number of hydrogen-bond donors (Lipinski definition) is 1. The molecule has 66 valence electrons. The summed E-state index contributed by atoms with van der Waals surface area (Å²) in [4.78, 5) is 14.5. The largest absolute Gasteiger partial charge is 0.478 e. The number of nitrogens with zero attached hydrogens (tertiary/aromatic N) is 1. The van der Waals surface area contributed by atoms with Gasteiger partial charge in [-0.15, -0.1) is 0 Å². The Morgan fingerprint density at radius 2 is 2.38 bits per heavy atom. The predicted molar refractivity (Wildman–Crippen MR) is 48.6 cm³/mol. The zero-order chi connectivity index (χ0) is 9.42. The highest BCUT2D eigenvalue weighted by atomic mass is 35.5. The van der Waals surface area contributed by atoms with Crippen molar-refractivity contribution in [1.82, 2.24) is 4.98 Å². The van der Waals surface area contributed by atoms with Crippen molar-refractivity contribution in [3.63, 3.8) is 0 Å². The molecule has 0 spiro atoms. The molecule has 1 N–H and O–H groups in total. The highest BCUT2D eigenvalue weighted by Gasteiger charge is 2.17. The Kier molecular flexibility index (Phi) is 1.81. The molecule has 0 saturated carbocycles. The molecule has 1 heterocycles. The van der Waals surface area contributed by atoms with E-state index in [4.69, 9.17) is 16.7 Å². The van der Waals surface area contributed by atoms with Gasteiger partial charge in [0.2, 0.25) is 0 Å². The molecule has 0 amide bonds. The van der Waals surface area contributed by atoms with E-state index in [9.17, 15) is 4.79 Å². The molecular formula is C9H6ClNO2. The fourth-order valence-electron chi connectivity index (χ4n) is 1.34. The Morgan fingerprint density at radius 3 is 3.08 bits per heavy atom. The SMILES string of the molecule is O=C(O)C1=Cc2cc(Cl)ncc2C1. The third kappa shape index (κ3) is 1.42. The summed E-state index contributed by atoms with van der Waals surface area (Å²) in [6.45, 7) is 0. The lowest BCUT2D eigenvalue weighted by Gasteiger charge is -1.96. The van der Waals surface area contributed by atoms with E-state index in [0.717, 1.165) is 11.1 Å². The van der Waals surface area contributed by atoms with Crippen LogP contribution in [0.2, 0.25) is 5.15 Å². The van der Waals surface area contributed by atoms with Gasteiger partial charge in [-0.25, -0.2) is 9.78 Å². The number of aromatic nitrogens is 1. The molecule has 1 aromatic rings. The van der Waals surface area contributed by atoms with E-state index in [0.29, 0.717) is 17.1 Å². The number of carbonyl (C=O) groups is 1. The van der Waals surface area contributed by atoms with E-state index in [2.05, 4.69) is 4.98 Å². The van der Waals surface area contributed by atoms with Gasteiger partial charge in [-0.05, 0) is 23.3 Å². The summed E-state index contributed by atoms with van der Waals surface area (Å²) in [7, 11) is 0. The molecule has 2 rings (SSSR count). The maximum atomic E-state index is 10.6. The minimum Gasteiger partial charge on any atom is -0.478 e. The smallest absolute Gasteiger partial charge is 0.331 e. The zero-order valence-electron chi connectivity index (χ0n) is 6.62. The summed E-state index contributed by atoms with van der Waals surface area (Å²) in [6, 6.07) is 1.67. The first-order chi connectivity index (χ1) is 6.16. The van der Waals surface area contributed by atoms with E-state index >= 15 is 0 Å². The quantitative estimate of drug-likeness (QED) is 0.695. The molecule has 0 aliphatic heterocycles. The summed E-state index contributed by atoms with van der Waals surface area (Å²) in [5, 5.41) is 9.12. The van der Waals surface area contributed by atoms with E-state index < -0.39 is 5.97 Å². The number of carboxylic acid groups (broad SMARTS) is 1. The topological polar surface area (TPSA) is 50.2 Å². The molecular weight excluding hydrogens is 190 g/mol. The van der Waals surface area contributed by atoms with Crippen LogP contribution in [0.5, 0.6) is 0 Å². The van der Waals surface area contributed by atoms with E-state index in [1.807, 2.05) is 0 Å². The molecule has 0 radical (unpaired) electrons. The molecule has 3 nitrogen and oxygen atoms in total. The third-order valence-electron chi connectivity index (χ3n) is 1.97. The Bertz CT molecular complexity index is 412. The second kappa shape index (κ2) is 2.85. The van der Waals surface area contributed by atoms with Crippen molar-refractivity contribution >= 4 is 23.6 Å². The highest BCUT2D eigenvalue weighted by molar-refractivity contribution is 6.29. The van der Waals surface area contributed by atoms with Crippen LogP contribution < -0.4 is 0 Å². The Balaban J connectivity index is 2.43. The van der Waals surface area contributed by atoms with Crippen LogP contribution >= 0.6 is 11.6 Å². The summed E-state index contributed by atoms with van der Waals surface area (Å²) >= 11 is 5.66. The van der Waals surface area contributed by atoms with Crippen molar-refractivity contribution in [1.29, 1.82) is 0 Å². The fourth-order valence-corrected chi connectivity index (χ4v) is 1.50. The first-order valence-corrected chi connectivity index (χ1v) is 4.13. The number of carboxylic acids is 1. The molecule has 4 heteroatoms. The average Bonchev–Trinajstić information content (AvgIpc) is 2.46. The number of aliphatic carboxylic acids is 1. The average molecular weight is 196 g/mol. The van der Waals surface area contributed by atoms with Gasteiger partial charge in [0.15, 0.2) is 0 Å². The van der Waals surface area contributed by atoms with Crippen molar-refractivity contribution < 1.29 is 9.90 Å². The Labute approximate surface area is 79.7 Å². The summed E-state index contributed by atoms with van der Waals surface area (Å²) in [5.41, 5.74) is 2.17. The minimum absolute atomic E-state index is 0.388. The van der Waals surface area contributed by atoms with Crippen LogP contribution in [0, 0.1) is 0 Å². The molecule has 1 aliphatic rings. The van der Waals surface area contributed by atoms with Crippen LogP contribution in [0.15, 0.2) is 17.8 Å². The summed E-state index contributed by atoms with van der Waals surface area (Å²) in [6.07, 6.45) is 3.68. The second-order valence-electron chi connectivity index (χ2n) is 2.86. The normalized spacial score (nSPS) is 13.8. The molecule has 0 bridgehead atoms. The first-order valence-electron chi connectivity index (χ1n) is 3.75. The molecule has 0 fully saturated rings. The number of hydrogen-bond acceptors (Lipinski definition) is 2. The van der Waals surface area contributed by atoms with Crippen molar-refractivity contribution in [3.8, 4) is 0 Å². The van der Waals surface area contributed by atoms with Gasteiger partial charge in [0.25, 0.3) is 0 Å². The second-order valence-corrected chi connectivity index (χ2v) is 3.24. The van der Waals surface area contributed by atoms with Crippen LogP contribution in [-0.2, 0) is 11.2 Å². The fraction of sp³-hybridized carbons (Fsp3) is 0.111. The predicted octanol–water partition coefficient (Wildman–Crippen LogP) is 1.76. The van der Waals surface area contributed by atoms with Crippen molar-refractivity contribution in [2.24, 2.45) is 0 Å². The number of pyridine rings is 1. The third-order valence-corrected chi connectivity index (χ3v) is 2.18. The first kappa shape index (κ1) is 8.26. The van der Waals surface area contributed by atoms with Gasteiger partial charge in [-0.3, -0.25) is 0 Å². The standard InChI is InChI=1S/C9H6ClNO2/c10-8-3-5-1-6(9(12)13)2-7(5)4-11-8/h1,3-4H,2H2,(H,12,13). The molecule has 13 heavy (non-hydrogen) atoms. The lowest BCUT2D eigenvalue weighted by atomic mass is 10.2. The molecule has 0 saturated heterocycles. The number of rotatable bonds is 1. The summed E-state index contributed by atoms with van der Waals surface area (Å²) < 4.78 is 0. The molecule has 1 aromatic heterocycles. The van der Waals surface area contributed by atoms with Gasteiger partial charge < -0.3 is 5.11 Å². The molecule has 0 atom stereocenters. The summed E-state index contributed by atoms with van der Waals surface area (Å²) in [5.74, 6) is -0.882. The van der Waals surface area contributed by atoms with Gasteiger partial charge in [0, 0.05) is 18.2 Å². The Hall–Kier alpha value is -1.35. The molecule has 0 aromatic carbocycles. The van der Waals surface area contributed by atoms with E-state index in [1.165, 1.54) is 0 Å². The van der Waals surface area contributed by atoms with Crippen LogP contribution in [0.3, 0.4) is 0 Å². The number of halogens is 1.